The Morgan fingerprint density at radius 3 is 2.68 bits per heavy atom. The fourth-order valence-electron chi connectivity index (χ4n) is 6.34. The standard InChI is InChI=1S/C29H26F3N7O2/c1-17-10-28(11-17,27-35-34-16-37(27)2)20-5-3-4-18(8-20)22-12-33-25-23(29(30,31)32)9-21(14-38(25)26(22)40)39-13-19-15-41-7-6-24(19)36-39/h3-5,8-9,12-14,16-17H,6-7,10-11,15H2,1-2H3. The second kappa shape index (κ2) is 9.10. The number of hydrogen-bond acceptors (Lipinski definition) is 6. The molecule has 0 N–H and O–H groups in total. The third-order valence-corrected chi connectivity index (χ3v) is 8.24. The van der Waals surface area contributed by atoms with Gasteiger partial charge in [0, 0.05) is 37.6 Å². The zero-order valence-corrected chi connectivity index (χ0v) is 22.4. The first-order valence-corrected chi connectivity index (χ1v) is 13.4. The molecule has 0 radical (unpaired) electrons. The fraction of sp³-hybridized carbons (Fsp3) is 0.345. The van der Waals surface area contributed by atoms with Gasteiger partial charge in [-0.2, -0.15) is 18.3 Å². The van der Waals surface area contributed by atoms with Crippen LogP contribution in [0.4, 0.5) is 13.2 Å². The van der Waals surface area contributed by atoms with E-state index in [0.717, 1.165) is 46.0 Å². The van der Waals surface area contributed by atoms with Crippen LogP contribution in [0.5, 0.6) is 0 Å². The highest BCUT2D eigenvalue weighted by molar-refractivity contribution is 5.66. The van der Waals surface area contributed by atoms with Gasteiger partial charge in [-0.15, -0.1) is 10.2 Å². The maximum absolute atomic E-state index is 14.2. The van der Waals surface area contributed by atoms with Crippen LogP contribution in [-0.4, -0.2) is 40.5 Å². The van der Waals surface area contributed by atoms with Gasteiger partial charge in [-0.1, -0.05) is 25.1 Å². The molecule has 1 saturated carbocycles. The molecule has 5 heterocycles. The van der Waals surface area contributed by atoms with Gasteiger partial charge in [0.15, 0.2) is 5.65 Å². The summed E-state index contributed by atoms with van der Waals surface area (Å²) in [6.07, 6.45) is 3.48. The van der Waals surface area contributed by atoms with E-state index < -0.39 is 22.9 Å². The molecule has 0 amide bonds. The molecule has 0 saturated heterocycles. The average molecular weight is 562 g/mol. The third kappa shape index (κ3) is 4.07. The number of aromatic nitrogens is 7. The fourth-order valence-corrected chi connectivity index (χ4v) is 6.34. The lowest BCUT2D eigenvalue weighted by Gasteiger charge is -2.46. The van der Waals surface area contributed by atoms with Crippen molar-refractivity contribution in [1.29, 1.82) is 0 Å². The van der Waals surface area contributed by atoms with E-state index >= 15 is 0 Å². The first-order chi connectivity index (χ1) is 19.6. The Labute approximate surface area is 232 Å². The van der Waals surface area contributed by atoms with Crippen LogP contribution in [0.3, 0.4) is 0 Å². The number of pyridine rings is 1. The van der Waals surface area contributed by atoms with E-state index in [-0.39, 0.29) is 16.7 Å². The minimum absolute atomic E-state index is 0.110. The van der Waals surface area contributed by atoms with Crippen molar-refractivity contribution in [3.8, 4) is 16.8 Å². The summed E-state index contributed by atoms with van der Waals surface area (Å²) >= 11 is 0. The Morgan fingerprint density at radius 1 is 1.15 bits per heavy atom. The van der Waals surface area contributed by atoms with Gasteiger partial charge in [0.1, 0.15) is 17.7 Å². The molecule has 1 aromatic carbocycles. The predicted octanol–water partition coefficient (Wildman–Crippen LogP) is 4.48. The van der Waals surface area contributed by atoms with Crippen molar-refractivity contribution in [3.05, 3.63) is 93.8 Å². The Morgan fingerprint density at radius 2 is 1.98 bits per heavy atom. The lowest BCUT2D eigenvalue weighted by Crippen LogP contribution is -2.43. The van der Waals surface area contributed by atoms with Crippen LogP contribution < -0.4 is 5.56 Å². The van der Waals surface area contributed by atoms with Gasteiger partial charge in [0.25, 0.3) is 5.56 Å². The zero-order valence-electron chi connectivity index (χ0n) is 22.4. The second-order valence-electron chi connectivity index (χ2n) is 11.1. The lowest BCUT2D eigenvalue weighted by atomic mass is 9.58. The molecule has 1 aliphatic carbocycles. The first kappa shape index (κ1) is 25.6. The molecule has 2 aliphatic rings. The number of rotatable bonds is 4. The molecular formula is C29H26F3N7O2. The topological polar surface area (TPSA) is 92.1 Å². The quantitative estimate of drug-likeness (QED) is 0.321. The molecule has 0 spiro atoms. The number of nitrogens with zero attached hydrogens (tertiary/aromatic N) is 7. The van der Waals surface area contributed by atoms with Gasteiger partial charge >= 0.3 is 6.18 Å². The SMILES string of the molecule is CC1CC(c2cccc(-c3cnc4c(C(F)(F)F)cc(-n5cc6c(n5)CCOC6)cn4c3=O)c2)(c2nncn2C)C1. The van der Waals surface area contributed by atoms with E-state index in [9.17, 15) is 18.0 Å². The Hall–Kier alpha value is -4.32. The number of fused-ring (bicyclic) bond motifs is 2. The van der Waals surface area contributed by atoms with E-state index in [2.05, 4.69) is 27.2 Å². The smallest absolute Gasteiger partial charge is 0.376 e. The number of aryl methyl sites for hydroxylation is 1. The lowest BCUT2D eigenvalue weighted by molar-refractivity contribution is -0.136. The van der Waals surface area contributed by atoms with E-state index in [0.29, 0.717) is 31.1 Å². The summed E-state index contributed by atoms with van der Waals surface area (Å²) in [6, 6.07) is 8.52. The van der Waals surface area contributed by atoms with Crippen molar-refractivity contribution in [2.75, 3.05) is 6.61 Å². The largest absolute Gasteiger partial charge is 0.420 e. The molecule has 0 bridgehead atoms. The van der Waals surface area contributed by atoms with Crippen LogP contribution in [0.2, 0.25) is 0 Å². The van der Waals surface area contributed by atoms with Crippen molar-refractivity contribution in [2.45, 2.75) is 44.4 Å². The molecule has 0 unspecified atom stereocenters. The minimum atomic E-state index is -4.73. The predicted molar refractivity (Wildman–Crippen MR) is 143 cm³/mol. The van der Waals surface area contributed by atoms with Gasteiger partial charge < -0.3 is 9.30 Å². The molecule has 7 rings (SSSR count). The maximum Gasteiger partial charge on any atom is 0.420 e. The summed E-state index contributed by atoms with van der Waals surface area (Å²) in [6.45, 7) is 3.01. The highest BCUT2D eigenvalue weighted by Gasteiger charge is 2.48. The number of alkyl halides is 3. The van der Waals surface area contributed by atoms with Crippen LogP contribution in [0, 0.1) is 5.92 Å². The van der Waals surface area contributed by atoms with Crippen LogP contribution >= 0.6 is 0 Å². The monoisotopic (exact) mass is 561 g/mol. The summed E-state index contributed by atoms with van der Waals surface area (Å²) in [5, 5.41) is 12.9. The third-order valence-electron chi connectivity index (χ3n) is 8.24. The summed E-state index contributed by atoms with van der Waals surface area (Å²) < 4.78 is 52.3. The van der Waals surface area contributed by atoms with E-state index in [1.54, 1.807) is 18.6 Å². The molecule has 1 fully saturated rings. The van der Waals surface area contributed by atoms with Crippen molar-refractivity contribution in [1.82, 2.24) is 33.9 Å². The second-order valence-corrected chi connectivity index (χ2v) is 11.1. The summed E-state index contributed by atoms with van der Waals surface area (Å²) in [5.74, 6) is 1.33. The Balaban J connectivity index is 1.38. The minimum Gasteiger partial charge on any atom is -0.376 e. The Bertz CT molecular complexity index is 1840. The van der Waals surface area contributed by atoms with Crippen molar-refractivity contribution >= 4 is 5.65 Å². The molecule has 4 aromatic heterocycles. The van der Waals surface area contributed by atoms with Crippen LogP contribution in [0.15, 0.2) is 60.0 Å². The molecule has 1 aliphatic heterocycles. The molecule has 5 aromatic rings. The maximum atomic E-state index is 14.2. The van der Waals surface area contributed by atoms with Gasteiger partial charge in [0.2, 0.25) is 0 Å². The van der Waals surface area contributed by atoms with Crippen LogP contribution in [0.25, 0.3) is 22.5 Å². The summed E-state index contributed by atoms with van der Waals surface area (Å²) in [4.78, 5) is 18.0. The number of ether oxygens (including phenoxy) is 1. The molecule has 210 valence electrons. The van der Waals surface area contributed by atoms with Crippen molar-refractivity contribution in [2.24, 2.45) is 13.0 Å². The van der Waals surface area contributed by atoms with Crippen molar-refractivity contribution < 1.29 is 17.9 Å². The highest BCUT2D eigenvalue weighted by Crippen LogP contribution is 2.51. The molecule has 12 heteroatoms. The summed E-state index contributed by atoms with van der Waals surface area (Å²) in [5.41, 5.74) is 0.990. The van der Waals surface area contributed by atoms with E-state index in [4.69, 9.17) is 4.74 Å². The summed E-state index contributed by atoms with van der Waals surface area (Å²) in [7, 11) is 1.91. The molecule has 0 atom stereocenters. The molecular weight excluding hydrogens is 535 g/mol. The van der Waals surface area contributed by atoms with E-state index in [1.165, 1.54) is 17.1 Å². The number of benzene rings is 1. The first-order valence-electron chi connectivity index (χ1n) is 13.4. The van der Waals surface area contributed by atoms with Crippen LogP contribution in [0.1, 0.15) is 48.0 Å². The van der Waals surface area contributed by atoms with Crippen molar-refractivity contribution in [3.63, 3.8) is 0 Å². The van der Waals surface area contributed by atoms with Gasteiger partial charge in [-0.3, -0.25) is 9.20 Å². The van der Waals surface area contributed by atoms with E-state index in [1.807, 2.05) is 29.8 Å². The highest BCUT2D eigenvalue weighted by atomic mass is 19.4. The molecule has 9 nitrogen and oxygen atoms in total. The van der Waals surface area contributed by atoms with Gasteiger partial charge in [0.05, 0.1) is 35.6 Å². The van der Waals surface area contributed by atoms with Crippen LogP contribution in [-0.2, 0) is 36.4 Å². The van der Waals surface area contributed by atoms with Gasteiger partial charge in [-0.25, -0.2) is 9.67 Å². The molecule has 41 heavy (non-hydrogen) atoms. The Kier molecular flexibility index (Phi) is 5.69. The van der Waals surface area contributed by atoms with Gasteiger partial charge in [-0.05, 0) is 42.0 Å². The zero-order chi connectivity index (χ0) is 28.5. The number of hydrogen-bond donors (Lipinski definition) is 0. The average Bonchev–Trinajstić information content (AvgIpc) is 3.57. The number of halogens is 3. The normalized spacial score (nSPS) is 20.7.